The average Bonchev–Trinajstić information content (AvgIpc) is 3.06. The molecule has 0 spiro atoms. The van der Waals surface area contributed by atoms with E-state index in [-0.39, 0.29) is 0 Å². The second-order valence-electron chi connectivity index (χ2n) is 3.77. The summed E-state index contributed by atoms with van der Waals surface area (Å²) >= 11 is 1.50. The fraction of sp³-hybridized carbons (Fsp3) is 0.182. The quantitative estimate of drug-likeness (QED) is 0.559. The number of aromatic nitrogens is 4. The molecule has 0 saturated heterocycles. The number of ether oxygens (including phenoxy) is 1. The van der Waals surface area contributed by atoms with Crippen LogP contribution in [0.2, 0.25) is 0 Å². The lowest BCUT2D eigenvalue weighted by Gasteiger charge is -2.05. The summed E-state index contributed by atoms with van der Waals surface area (Å²) in [6.07, 6.45) is 3.47. The zero-order valence-corrected chi connectivity index (χ0v) is 11.0. The molecule has 0 aliphatic carbocycles. The molecule has 3 N–H and O–H groups in total. The van der Waals surface area contributed by atoms with E-state index in [0.29, 0.717) is 17.6 Å². The van der Waals surface area contributed by atoms with Gasteiger partial charge in [-0.1, -0.05) is 0 Å². The predicted molar refractivity (Wildman–Crippen MR) is 73.2 cm³/mol. The van der Waals surface area contributed by atoms with Crippen LogP contribution in [-0.4, -0.2) is 19.7 Å². The van der Waals surface area contributed by atoms with Gasteiger partial charge >= 0.3 is 0 Å². The number of fused-ring (bicyclic) bond motifs is 1. The highest BCUT2D eigenvalue weighted by Crippen LogP contribution is 2.31. The maximum Gasteiger partial charge on any atom is 0.241 e. The molecule has 3 aromatic rings. The SMILES string of the molecule is CCn1cc(Oc2nc(NN)nc3sccc23)cn1. The summed E-state index contributed by atoms with van der Waals surface area (Å²) in [5.41, 5.74) is 2.44. The number of hydrogen-bond acceptors (Lipinski definition) is 7. The highest BCUT2D eigenvalue weighted by Gasteiger charge is 2.11. The van der Waals surface area contributed by atoms with Crippen LogP contribution < -0.4 is 16.0 Å². The molecule has 0 aliphatic rings. The Kier molecular flexibility index (Phi) is 3.02. The third-order valence-electron chi connectivity index (χ3n) is 2.57. The molecule has 0 aliphatic heterocycles. The first-order valence-electron chi connectivity index (χ1n) is 5.72. The number of thiophene rings is 1. The molecule has 0 fully saturated rings. The number of nitrogen functional groups attached to an aromatic ring is 1. The van der Waals surface area contributed by atoms with Gasteiger partial charge < -0.3 is 4.74 Å². The van der Waals surface area contributed by atoms with Crippen LogP contribution in [-0.2, 0) is 6.54 Å². The van der Waals surface area contributed by atoms with E-state index < -0.39 is 0 Å². The van der Waals surface area contributed by atoms with Crippen LogP contribution in [0.3, 0.4) is 0 Å². The van der Waals surface area contributed by atoms with Crippen molar-refractivity contribution in [1.29, 1.82) is 0 Å². The third kappa shape index (κ3) is 2.23. The molecule has 0 amide bonds. The number of hydrogen-bond donors (Lipinski definition) is 2. The molecule has 0 atom stereocenters. The lowest BCUT2D eigenvalue weighted by Crippen LogP contribution is -2.10. The Bertz CT molecular complexity index is 706. The largest absolute Gasteiger partial charge is 0.435 e. The molecule has 3 heterocycles. The first kappa shape index (κ1) is 11.9. The van der Waals surface area contributed by atoms with E-state index in [2.05, 4.69) is 20.5 Å². The van der Waals surface area contributed by atoms with E-state index in [1.807, 2.05) is 24.6 Å². The van der Waals surface area contributed by atoms with Crippen LogP contribution in [0.25, 0.3) is 10.2 Å². The van der Waals surface area contributed by atoms with E-state index >= 15 is 0 Å². The Hall–Kier alpha value is -2.19. The van der Waals surface area contributed by atoms with Crippen LogP contribution in [0.5, 0.6) is 11.6 Å². The van der Waals surface area contributed by atoms with Gasteiger partial charge in [0.1, 0.15) is 4.83 Å². The average molecular weight is 276 g/mol. The Morgan fingerprint density at radius 3 is 3.11 bits per heavy atom. The molecule has 98 valence electrons. The summed E-state index contributed by atoms with van der Waals surface area (Å²) in [6.45, 7) is 2.80. The number of hydrazine groups is 1. The van der Waals surface area contributed by atoms with Crippen molar-refractivity contribution in [3.8, 4) is 11.6 Å². The number of nitrogens with two attached hydrogens (primary N) is 1. The van der Waals surface area contributed by atoms with Gasteiger partial charge in [0.25, 0.3) is 0 Å². The van der Waals surface area contributed by atoms with Crippen molar-refractivity contribution < 1.29 is 4.74 Å². The number of aryl methyl sites for hydroxylation is 1. The van der Waals surface area contributed by atoms with Crippen LogP contribution in [0.15, 0.2) is 23.8 Å². The molecule has 3 aromatic heterocycles. The van der Waals surface area contributed by atoms with Crippen LogP contribution in [0, 0.1) is 0 Å². The van der Waals surface area contributed by atoms with Crippen molar-refractivity contribution in [3.63, 3.8) is 0 Å². The first-order chi connectivity index (χ1) is 9.30. The smallest absolute Gasteiger partial charge is 0.241 e. The molecule has 0 aromatic carbocycles. The van der Waals surface area contributed by atoms with Gasteiger partial charge in [0.05, 0.1) is 17.8 Å². The maximum absolute atomic E-state index is 5.75. The summed E-state index contributed by atoms with van der Waals surface area (Å²) < 4.78 is 7.53. The monoisotopic (exact) mass is 276 g/mol. The van der Waals surface area contributed by atoms with Gasteiger partial charge in [0.2, 0.25) is 11.8 Å². The van der Waals surface area contributed by atoms with Gasteiger partial charge in [-0.2, -0.15) is 10.1 Å². The summed E-state index contributed by atoms with van der Waals surface area (Å²) in [7, 11) is 0. The second kappa shape index (κ2) is 4.82. The minimum Gasteiger partial charge on any atom is -0.435 e. The number of nitrogens with zero attached hydrogens (tertiary/aromatic N) is 4. The van der Waals surface area contributed by atoms with Crippen molar-refractivity contribution in [3.05, 3.63) is 23.8 Å². The van der Waals surface area contributed by atoms with E-state index in [0.717, 1.165) is 16.8 Å². The Morgan fingerprint density at radius 1 is 1.47 bits per heavy atom. The van der Waals surface area contributed by atoms with E-state index in [9.17, 15) is 0 Å². The van der Waals surface area contributed by atoms with Gasteiger partial charge in [0, 0.05) is 6.54 Å². The lowest BCUT2D eigenvalue weighted by atomic mass is 10.4. The van der Waals surface area contributed by atoms with Crippen molar-refractivity contribution >= 4 is 27.5 Å². The topological polar surface area (TPSA) is 90.9 Å². The first-order valence-corrected chi connectivity index (χ1v) is 6.60. The number of nitrogens with one attached hydrogen (secondary N) is 1. The van der Waals surface area contributed by atoms with Crippen LogP contribution >= 0.6 is 11.3 Å². The molecule has 0 radical (unpaired) electrons. The van der Waals surface area contributed by atoms with E-state index in [1.54, 1.807) is 10.9 Å². The minimum atomic E-state index is 0.327. The molecular weight excluding hydrogens is 264 g/mol. The molecule has 0 saturated carbocycles. The van der Waals surface area contributed by atoms with Gasteiger partial charge in [-0.15, -0.1) is 11.3 Å². The van der Waals surface area contributed by atoms with Gasteiger partial charge in [-0.25, -0.2) is 10.8 Å². The molecule has 8 heteroatoms. The third-order valence-corrected chi connectivity index (χ3v) is 3.37. The number of rotatable bonds is 4. The zero-order valence-electron chi connectivity index (χ0n) is 10.2. The fourth-order valence-electron chi connectivity index (χ4n) is 1.65. The van der Waals surface area contributed by atoms with Gasteiger partial charge in [-0.3, -0.25) is 10.1 Å². The van der Waals surface area contributed by atoms with Crippen molar-refractivity contribution in [1.82, 2.24) is 19.7 Å². The summed E-state index contributed by atoms with van der Waals surface area (Å²) in [4.78, 5) is 9.29. The molecular formula is C11H12N6OS. The minimum absolute atomic E-state index is 0.327. The molecule has 3 rings (SSSR count). The van der Waals surface area contributed by atoms with Crippen molar-refractivity contribution in [2.45, 2.75) is 13.5 Å². The van der Waals surface area contributed by atoms with Gasteiger partial charge in [0.15, 0.2) is 5.75 Å². The van der Waals surface area contributed by atoms with Crippen molar-refractivity contribution in [2.24, 2.45) is 5.84 Å². The molecule has 0 bridgehead atoms. The predicted octanol–water partition coefficient (Wildman–Crippen LogP) is 1.99. The standard InChI is InChI=1S/C11H12N6OS/c1-2-17-6-7(5-13-17)18-9-8-3-4-19-10(8)15-11(14-9)16-12/h3-6H,2,12H2,1H3,(H,14,15,16). The van der Waals surface area contributed by atoms with Gasteiger partial charge in [-0.05, 0) is 18.4 Å². The second-order valence-corrected chi connectivity index (χ2v) is 4.66. The van der Waals surface area contributed by atoms with Crippen molar-refractivity contribution in [2.75, 3.05) is 5.43 Å². The highest BCUT2D eigenvalue weighted by atomic mass is 32.1. The Labute approximate surface area is 113 Å². The lowest BCUT2D eigenvalue weighted by molar-refractivity contribution is 0.468. The highest BCUT2D eigenvalue weighted by molar-refractivity contribution is 7.16. The molecule has 0 unspecified atom stereocenters. The van der Waals surface area contributed by atoms with Crippen LogP contribution in [0.4, 0.5) is 5.95 Å². The number of anilines is 1. The van der Waals surface area contributed by atoms with E-state index in [4.69, 9.17) is 10.6 Å². The fourth-order valence-corrected chi connectivity index (χ4v) is 2.41. The summed E-state index contributed by atoms with van der Waals surface area (Å²) in [5.74, 6) is 6.78. The van der Waals surface area contributed by atoms with E-state index in [1.165, 1.54) is 11.3 Å². The molecule has 7 nitrogen and oxygen atoms in total. The Balaban J connectivity index is 2.01. The van der Waals surface area contributed by atoms with Crippen LogP contribution in [0.1, 0.15) is 6.92 Å². The normalized spacial score (nSPS) is 10.8. The maximum atomic E-state index is 5.75. The molecule has 19 heavy (non-hydrogen) atoms. The zero-order chi connectivity index (χ0) is 13.2. The Morgan fingerprint density at radius 2 is 2.37 bits per heavy atom. The summed E-state index contributed by atoms with van der Waals surface area (Å²) in [5, 5.41) is 6.94. The summed E-state index contributed by atoms with van der Waals surface area (Å²) in [6, 6.07) is 1.92.